The molecule has 0 aliphatic heterocycles. The quantitative estimate of drug-likeness (QED) is 0.815. The Balaban J connectivity index is 1.75. The van der Waals surface area contributed by atoms with Crippen LogP contribution in [0, 0.1) is 17.5 Å². The maximum atomic E-state index is 13.5. The Bertz CT molecular complexity index is 672. The largest absolute Gasteiger partial charge is 0.493 e. The van der Waals surface area contributed by atoms with Gasteiger partial charge in [0.1, 0.15) is 29.3 Å². The summed E-state index contributed by atoms with van der Waals surface area (Å²) >= 11 is 0. The second kappa shape index (κ2) is 8.35. The number of rotatable bonds is 7. The van der Waals surface area contributed by atoms with Crippen LogP contribution in [0.2, 0.25) is 0 Å². The van der Waals surface area contributed by atoms with Gasteiger partial charge in [0.15, 0.2) is 0 Å². The number of halogens is 3. The lowest BCUT2D eigenvalue weighted by Crippen LogP contribution is -2.30. The number of ether oxygens (including phenoxy) is 1. The molecule has 2 N–H and O–H groups in total. The van der Waals surface area contributed by atoms with Crippen molar-refractivity contribution >= 4 is 5.91 Å². The fourth-order valence-corrected chi connectivity index (χ4v) is 2.02. The number of benzene rings is 2. The van der Waals surface area contributed by atoms with E-state index in [2.05, 4.69) is 5.32 Å². The standard InChI is InChI=1S/C17H16F3NO3/c18-11-4-6-12(7-5-11)24-9-8-16(23)21-10-15(22)17-13(19)2-1-3-14(17)20/h1-7,15,22H,8-10H2,(H,21,23). The molecule has 2 aromatic carbocycles. The molecule has 0 aliphatic rings. The van der Waals surface area contributed by atoms with Crippen LogP contribution < -0.4 is 10.1 Å². The summed E-state index contributed by atoms with van der Waals surface area (Å²) in [5, 5.41) is 12.2. The zero-order valence-electron chi connectivity index (χ0n) is 12.6. The van der Waals surface area contributed by atoms with Crippen LogP contribution in [0.15, 0.2) is 42.5 Å². The molecular weight excluding hydrogens is 323 g/mol. The van der Waals surface area contributed by atoms with Crippen LogP contribution in [0.3, 0.4) is 0 Å². The minimum absolute atomic E-state index is 0.0240. The van der Waals surface area contributed by atoms with E-state index in [1.165, 1.54) is 30.3 Å². The van der Waals surface area contributed by atoms with Crippen LogP contribution in [0.1, 0.15) is 18.1 Å². The summed E-state index contributed by atoms with van der Waals surface area (Å²) in [5.74, 6) is -2.19. The second-order valence-electron chi connectivity index (χ2n) is 5.01. The molecule has 0 fully saturated rings. The van der Waals surface area contributed by atoms with E-state index in [1.807, 2.05) is 0 Å². The third kappa shape index (κ3) is 4.99. The minimum atomic E-state index is -1.49. The number of aliphatic hydroxyl groups is 1. The van der Waals surface area contributed by atoms with E-state index in [4.69, 9.17) is 4.74 Å². The minimum Gasteiger partial charge on any atom is -0.493 e. The number of amides is 1. The van der Waals surface area contributed by atoms with Gasteiger partial charge in [-0.05, 0) is 36.4 Å². The van der Waals surface area contributed by atoms with E-state index in [0.29, 0.717) is 5.75 Å². The molecule has 128 valence electrons. The van der Waals surface area contributed by atoms with E-state index < -0.39 is 35.0 Å². The van der Waals surface area contributed by atoms with Crippen molar-refractivity contribution in [3.63, 3.8) is 0 Å². The van der Waals surface area contributed by atoms with Gasteiger partial charge >= 0.3 is 0 Å². The van der Waals surface area contributed by atoms with Gasteiger partial charge in [-0.2, -0.15) is 0 Å². The zero-order chi connectivity index (χ0) is 17.5. The predicted molar refractivity (Wildman–Crippen MR) is 80.8 cm³/mol. The molecule has 4 nitrogen and oxygen atoms in total. The van der Waals surface area contributed by atoms with E-state index in [0.717, 1.165) is 12.1 Å². The fraction of sp³-hybridized carbons (Fsp3) is 0.235. The smallest absolute Gasteiger partial charge is 0.223 e. The Labute approximate surface area is 136 Å². The summed E-state index contributed by atoms with van der Waals surface area (Å²) < 4.78 is 44.9. The fourth-order valence-electron chi connectivity index (χ4n) is 2.02. The van der Waals surface area contributed by atoms with Gasteiger partial charge in [-0.1, -0.05) is 6.07 Å². The van der Waals surface area contributed by atoms with Crippen molar-refractivity contribution in [3.8, 4) is 5.75 Å². The van der Waals surface area contributed by atoms with Crippen LogP contribution in [0.5, 0.6) is 5.75 Å². The van der Waals surface area contributed by atoms with E-state index in [1.54, 1.807) is 0 Å². The SMILES string of the molecule is O=C(CCOc1ccc(F)cc1)NCC(O)c1c(F)cccc1F. The molecule has 7 heteroatoms. The first kappa shape index (κ1) is 17.8. The van der Waals surface area contributed by atoms with Crippen molar-refractivity contribution in [1.29, 1.82) is 0 Å². The summed E-state index contributed by atoms with van der Waals surface area (Å²) in [6.45, 7) is -0.283. The van der Waals surface area contributed by atoms with Gasteiger partial charge in [-0.15, -0.1) is 0 Å². The second-order valence-corrected chi connectivity index (χ2v) is 5.01. The molecule has 0 saturated carbocycles. The van der Waals surface area contributed by atoms with Crippen molar-refractivity contribution in [2.45, 2.75) is 12.5 Å². The van der Waals surface area contributed by atoms with Crippen LogP contribution in [-0.4, -0.2) is 24.2 Å². The molecule has 0 aromatic heterocycles. The molecule has 1 amide bonds. The Morgan fingerprint density at radius 2 is 1.71 bits per heavy atom. The van der Waals surface area contributed by atoms with Crippen LogP contribution in [0.4, 0.5) is 13.2 Å². The summed E-state index contributed by atoms with van der Waals surface area (Å²) in [7, 11) is 0. The van der Waals surface area contributed by atoms with Crippen molar-refractivity contribution in [2.24, 2.45) is 0 Å². The third-order valence-corrected chi connectivity index (χ3v) is 3.24. The summed E-state index contributed by atoms with van der Waals surface area (Å²) in [5.41, 5.74) is -0.486. The lowest BCUT2D eigenvalue weighted by molar-refractivity contribution is -0.122. The average Bonchev–Trinajstić information content (AvgIpc) is 2.54. The first-order valence-electron chi connectivity index (χ1n) is 7.24. The van der Waals surface area contributed by atoms with Gasteiger partial charge in [0.2, 0.25) is 5.91 Å². The van der Waals surface area contributed by atoms with Crippen molar-refractivity contribution in [2.75, 3.05) is 13.2 Å². The Hall–Kier alpha value is -2.54. The molecule has 1 atom stereocenters. The average molecular weight is 339 g/mol. The first-order valence-corrected chi connectivity index (χ1v) is 7.24. The normalized spacial score (nSPS) is 11.8. The molecule has 2 aromatic rings. The van der Waals surface area contributed by atoms with Crippen LogP contribution in [-0.2, 0) is 4.79 Å². The monoisotopic (exact) mass is 339 g/mol. The Morgan fingerprint density at radius 3 is 2.33 bits per heavy atom. The Morgan fingerprint density at radius 1 is 1.08 bits per heavy atom. The number of nitrogens with one attached hydrogen (secondary N) is 1. The number of aliphatic hydroxyl groups excluding tert-OH is 1. The van der Waals surface area contributed by atoms with Crippen LogP contribution >= 0.6 is 0 Å². The van der Waals surface area contributed by atoms with Crippen molar-refractivity contribution in [1.82, 2.24) is 5.32 Å². The predicted octanol–water partition coefficient (Wildman–Crippen LogP) is 2.72. The highest BCUT2D eigenvalue weighted by atomic mass is 19.1. The number of carbonyl (C=O) groups is 1. The number of hydrogen-bond donors (Lipinski definition) is 2. The third-order valence-electron chi connectivity index (χ3n) is 3.24. The molecule has 0 spiro atoms. The molecule has 0 radical (unpaired) electrons. The van der Waals surface area contributed by atoms with E-state index >= 15 is 0 Å². The van der Waals surface area contributed by atoms with Crippen molar-refractivity contribution in [3.05, 3.63) is 65.5 Å². The van der Waals surface area contributed by atoms with Gasteiger partial charge in [-0.3, -0.25) is 4.79 Å². The maximum absolute atomic E-state index is 13.5. The van der Waals surface area contributed by atoms with Crippen molar-refractivity contribution < 1.29 is 27.8 Å². The van der Waals surface area contributed by atoms with E-state index in [-0.39, 0.29) is 19.6 Å². The highest BCUT2D eigenvalue weighted by Crippen LogP contribution is 2.19. The lowest BCUT2D eigenvalue weighted by atomic mass is 10.1. The molecule has 2 rings (SSSR count). The van der Waals surface area contributed by atoms with Gasteiger partial charge < -0.3 is 15.2 Å². The van der Waals surface area contributed by atoms with Gasteiger partial charge in [0.05, 0.1) is 18.6 Å². The number of hydrogen-bond acceptors (Lipinski definition) is 3. The molecule has 0 bridgehead atoms. The summed E-state index contributed by atoms with van der Waals surface area (Å²) in [4.78, 5) is 11.6. The molecule has 0 saturated heterocycles. The van der Waals surface area contributed by atoms with Gasteiger partial charge in [-0.25, -0.2) is 13.2 Å². The molecule has 24 heavy (non-hydrogen) atoms. The van der Waals surface area contributed by atoms with Gasteiger partial charge in [0, 0.05) is 6.54 Å². The Kier molecular flexibility index (Phi) is 6.20. The summed E-state index contributed by atoms with van der Waals surface area (Å²) in [6, 6.07) is 8.56. The first-order chi connectivity index (χ1) is 11.5. The van der Waals surface area contributed by atoms with Crippen LogP contribution in [0.25, 0.3) is 0 Å². The maximum Gasteiger partial charge on any atom is 0.223 e. The van der Waals surface area contributed by atoms with E-state index in [9.17, 15) is 23.1 Å². The molecular formula is C17H16F3NO3. The summed E-state index contributed by atoms with van der Waals surface area (Å²) in [6.07, 6.45) is -1.52. The topological polar surface area (TPSA) is 58.6 Å². The highest BCUT2D eigenvalue weighted by Gasteiger charge is 2.18. The van der Waals surface area contributed by atoms with Gasteiger partial charge in [0.25, 0.3) is 0 Å². The molecule has 1 unspecified atom stereocenters. The molecule has 0 heterocycles. The molecule has 0 aliphatic carbocycles. The number of carbonyl (C=O) groups excluding carboxylic acids is 1. The highest BCUT2D eigenvalue weighted by molar-refractivity contribution is 5.76. The zero-order valence-corrected chi connectivity index (χ0v) is 12.6. The lowest BCUT2D eigenvalue weighted by Gasteiger charge is -2.14.